The van der Waals surface area contributed by atoms with Crippen molar-refractivity contribution in [1.82, 2.24) is 4.98 Å². The van der Waals surface area contributed by atoms with Crippen LogP contribution in [0.25, 0.3) is 33.6 Å². The van der Waals surface area contributed by atoms with Crippen molar-refractivity contribution in [3.8, 4) is 22.6 Å². The Morgan fingerprint density at radius 3 is 2.00 bits per heavy atom. The van der Waals surface area contributed by atoms with Gasteiger partial charge >= 0.3 is 0 Å². The molecule has 2 nitrogen and oxygen atoms in total. The number of rotatable bonds is 2. The Balaban J connectivity index is 1.72. The smallest absolute Gasteiger partial charge is 0.138 e. The Morgan fingerprint density at radius 1 is 0.700 bits per heavy atom. The van der Waals surface area contributed by atoms with E-state index in [9.17, 15) is 0 Å². The molecule has 0 saturated carbocycles. The highest BCUT2D eigenvalue weighted by molar-refractivity contribution is 5.85. The lowest BCUT2D eigenvalue weighted by Crippen LogP contribution is -2.11. The molecule has 154 valence electrons. The molecule has 0 saturated heterocycles. The minimum Gasteiger partial charge on any atom is -0.456 e. The maximum atomic E-state index is 6.23. The van der Waals surface area contributed by atoms with Gasteiger partial charge in [0.25, 0.3) is 0 Å². The summed E-state index contributed by atoms with van der Waals surface area (Å²) in [6.07, 6.45) is 1.92. The van der Waals surface area contributed by atoms with Crippen LogP contribution < -0.4 is 0 Å². The highest BCUT2D eigenvalue weighted by Crippen LogP contribution is 2.33. The zero-order chi connectivity index (χ0) is 21.7. The molecular weight excluding hydrogens is 366 g/mol. The highest BCUT2D eigenvalue weighted by Gasteiger charge is 2.17. The normalized spacial score (nSPS) is 12.5. The van der Waals surface area contributed by atoms with Crippen molar-refractivity contribution in [3.63, 3.8) is 0 Å². The molecule has 0 bridgehead atoms. The van der Waals surface area contributed by atoms with Crippen LogP contribution in [0.3, 0.4) is 0 Å². The summed E-state index contributed by atoms with van der Waals surface area (Å²) in [5.74, 6) is 0.879. The zero-order valence-electron chi connectivity index (χ0n) is 19.1. The molecule has 2 heterocycles. The van der Waals surface area contributed by atoms with Gasteiger partial charge < -0.3 is 4.42 Å². The van der Waals surface area contributed by atoms with Crippen LogP contribution in [0, 0.1) is 6.92 Å². The molecule has 0 unspecified atom stereocenters. The maximum Gasteiger partial charge on any atom is 0.138 e. The number of furan rings is 1. The van der Waals surface area contributed by atoms with E-state index in [-0.39, 0.29) is 10.8 Å². The van der Waals surface area contributed by atoms with E-state index in [1.165, 1.54) is 16.7 Å². The minimum absolute atomic E-state index is 0.0991. The number of aromatic nitrogens is 1. The minimum atomic E-state index is 0.0991. The van der Waals surface area contributed by atoms with E-state index in [1.807, 2.05) is 6.20 Å². The Kier molecular flexibility index (Phi) is 4.85. The van der Waals surface area contributed by atoms with Crippen molar-refractivity contribution in [2.24, 2.45) is 0 Å². The van der Waals surface area contributed by atoms with Crippen LogP contribution in [-0.4, -0.2) is 4.98 Å². The fourth-order valence-electron chi connectivity index (χ4n) is 3.73. The van der Waals surface area contributed by atoms with Gasteiger partial charge in [0, 0.05) is 28.8 Å². The van der Waals surface area contributed by atoms with E-state index < -0.39 is 0 Å². The van der Waals surface area contributed by atoms with Crippen molar-refractivity contribution in [2.75, 3.05) is 0 Å². The molecule has 2 aromatic carbocycles. The Hall–Kier alpha value is -2.87. The molecule has 0 N–H and O–H groups in total. The van der Waals surface area contributed by atoms with E-state index in [4.69, 9.17) is 9.40 Å². The number of pyridine rings is 1. The predicted octanol–water partition coefficient (Wildman–Crippen LogP) is 8.07. The van der Waals surface area contributed by atoms with E-state index in [1.54, 1.807) is 0 Å². The summed E-state index contributed by atoms with van der Waals surface area (Å²) in [5, 5.41) is 1.03. The molecule has 2 aromatic heterocycles. The monoisotopic (exact) mass is 397 g/mol. The predicted molar refractivity (Wildman–Crippen MR) is 127 cm³/mol. The second-order valence-electron chi connectivity index (χ2n) is 10.4. The summed E-state index contributed by atoms with van der Waals surface area (Å²) in [6.45, 7) is 15.6. The van der Waals surface area contributed by atoms with Gasteiger partial charge in [-0.3, -0.25) is 4.98 Å². The summed E-state index contributed by atoms with van der Waals surface area (Å²) in [5.41, 5.74) is 8.17. The fourth-order valence-corrected chi connectivity index (χ4v) is 3.73. The van der Waals surface area contributed by atoms with Gasteiger partial charge in [-0.05, 0) is 47.1 Å². The third-order valence-electron chi connectivity index (χ3n) is 5.68. The standard InChI is InChI=1S/C28H31NO/c1-18-12-20(14-23(13-18)28(5,6)7)24-16-26-21(17-29-24)15-25(30-26)19-8-10-22(11-9-19)27(2,3)4/h8-17H,1-7H3. The van der Waals surface area contributed by atoms with Gasteiger partial charge in [0.2, 0.25) is 0 Å². The van der Waals surface area contributed by atoms with Gasteiger partial charge in [-0.25, -0.2) is 0 Å². The Labute approximate surface area is 180 Å². The first-order valence-electron chi connectivity index (χ1n) is 10.6. The van der Waals surface area contributed by atoms with Crippen molar-refractivity contribution in [2.45, 2.75) is 59.3 Å². The van der Waals surface area contributed by atoms with Gasteiger partial charge in [0.05, 0.1) is 5.69 Å². The number of fused-ring (bicyclic) bond motifs is 1. The number of hydrogen-bond acceptors (Lipinski definition) is 2. The van der Waals surface area contributed by atoms with Gasteiger partial charge in [-0.15, -0.1) is 0 Å². The lowest BCUT2D eigenvalue weighted by molar-refractivity contribution is 0.589. The largest absolute Gasteiger partial charge is 0.456 e. The van der Waals surface area contributed by atoms with Crippen LogP contribution in [0.4, 0.5) is 0 Å². The van der Waals surface area contributed by atoms with Crippen molar-refractivity contribution in [3.05, 3.63) is 77.5 Å². The van der Waals surface area contributed by atoms with Crippen LogP contribution in [-0.2, 0) is 10.8 Å². The quantitative estimate of drug-likeness (QED) is 0.342. The Bertz CT molecular complexity index is 1200. The van der Waals surface area contributed by atoms with Crippen LogP contribution in [0.15, 0.2) is 65.2 Å². The molecule has 0 amide bonds. The summed E-state index contributed by atoms with van der Waals surface area (Å²) in [7, 11) is 0. The molecule has 30 heavy (non-hydrogen) atoms. The highest BCUT2D eigenvalue weighted by atomic mass is 16.3. The first-order chi connectivity index (χ1) is 14.0. The van der Waals surface area contributed by atoms with Crippen LogP contribution >= 0.6 is 0 Å². The number of hydrogen-bond donors (Lipinski definition) is 0. The molecule has 0 radical (unpaired) electrons. The van der Waals surface area contributed by atoms with Gasteiger partial charge in [-0.1, -0.05) is 77.4 Å². The van der Waals surface area contributed by atoms with E-state index in [0.717, 1.165) is 33.6 Å². The van der Waals surface area contributed by atoms with Crippen LogP contribution in [0.1, 0.15) is 58.2 Å². The Morgan fingerprint density at radius 2 is 1.37 bits per heavy atom. The number of nitrogens with zero attached hydrogens (tertiary/aromatic N) is 1. The molecule has 0 spiro atoms. The van der Waals surface area contributed by atoms with Gasteiger partial charge in [0.1, 0.15) is 11.3 Å². The van der Waals surface area contributed by atoms with Crippen LogP contribution in [0.2, 0.25) is 0 Å². The molecule has 4 aromatic rings. The van der Waals surface area contributed by atoms with Crippen LogP contribution in [0.5, 0.6) is 0 Å². The lowest BCUT2D eigenvalue weighted by atomic mass is 9.85. The molecular formula is C28H31NO. The van der Waals surface area contributed by atoms with Crippen molar-refractivity contribution < 1.29 is 4.42 Å². The first kappa shape index (κ1) is 20.4. The molecule has 0 fully saturated rings. The second kappa shape index (κ2) is 7.12. The van der Waals surface area contributed by atoms with Crippen molar-refractivity contribution >= 4 is 11.0 Å². The second-order valence-corrected chi connectivity index (χ2v) is 10.4. The third kappa shape index (κ3) is 4.05. The fraction of sp³-hybridized carbons (Fsp3) is 0.321. The summed E-state index contributed by atoms with van der Waals surface area (Å²) in [4.78, 5) is 4.73. The average molecular weight is 398 g/mol. The van der Waals surface area contributed by atoms with E-state index in [2.05, 4.69) is 103 Å². The van der Waals surface area contributed by atoms with E-state index >= 15 is 0 Å². The first-order valence-corrected chi connectivity index (χ1v) is 10.6. The van der Waals surface area contributed by atoms with Crippen molar-refractivity contribution in [1.29, 1.82) is 0 Å². The maximum absolute atomic E-state index is 6.23. The molecule has 2 heteroatoms. The van der Waals surface area contributed by atoms with Gasteiger partial charge in [0.15, 0.2) is 0 Å². The lowest BCUT2D eigenvalue weighted by Gasteiger charge is -2.20. The third-order valence-corrected chi connectivity index (χ3v) is 5.68. The average Bonchev–Trinajstić information content (AvgIpc) is 3.09. The molecule has 0 aliphatic carbocycles. The summed E-state index contributed by atoms with van der Waals surface area (Å²) in [6, 6.07) is 19.5. The van der Waals surface area contributed by atoms with E-state index in [0.29, 0.717) is 0 Å². The molecule has 4 rings (SSSR count). The number of aryl methyl sites for hydroxylation is 1. The summed E-state index contributed by atoms with van der Waals surface area (Å²) >= 11 is 0. The molecule has 0 aliphatic heterocycles. The number of benzene rings is 2. The zero-order valence-corrected chi connectivity index (χ0v) is 19.1. The summed E-state index contributed by atoms with van der Waals surface area (Å²) < 4.78 is 6.23. The molecule has 0 aliphatic rings. The topological polar surface area (TPSA) is 26.0 Å². The van der Waals surface area contributed by atoms with Gasteiger partial charge in [-0.2, -0.15) is 0 Å². The molecule has 0 atom stereocenters. The SMILES string of the molecule is Cc1cc(-c2cc3oc(-c4ccc(C(C)(C)C)cc4)cc3cn2)cc(C(C)(C)C)c1.